The number of hydrogen-bond donors (Lipinski definition) is 1. The number of likely N-dealkylation sites (N-methyl/N-ethyl adjacent to an activating group) is 1. The van der Waals surface area contributed by atoms with Gasteiger partial charge in [-0.15, -0.1) is 10.2 Å². The molecule has 0 bridgehead atoms. The van der Waals surface area contributed by atoms with Crippen LogP contribution in [0, 0.1) is 6.92 Å². The molecule has 0 saturated carbocycles. The molecular formula is C22H25N5O. The van der Waals surface area contributed by atoms with Crippen molar-refractivity contribution < 1.29 is 4.79 Å². The molecule has 144 valence electrons. The Kier molecular flexibility index (Phi) is 6.32. The number of amides is 1. The summed E-state index contributed by atoms with van der Waals surface area (Å²) < 4.78 is 0. The molecular weight excluding hydrogens is 350 g/mol. The first-order valence-electron chi connectivity index (χ1n) is 9.42. The highest BCUT2D eigenvalue weighted by molar-refractivity contribution is 6.03. The topological polar surface area (TPSA) is 71.0 Å². The van der Waals surface area contributed by atoms with Gasteiger partial charge in [-0.1, -0.05) is 25.1 Å². The zero-order valence-corrected chi connectivity index (χ0v) is 16.5. The zero-order valence-electron chi connectivity index (χ0n) is 16.5. The van der Waals surface area contributed by atoms with E-state index in [0.717, 1.165) is 42.0 Å². The van der Waals surface area contributed by atoms with Gasteiger partial charge in [0.2, 0.25) is 0 Å². The first kappa shape index (κ1) is 19.5. The highest BCUT2D eigenvalue weighted by atomic mass is 16.1. The summed E-state index contributed by atoms with van der Waals surface area (Å²) in [6.07, 6.45) is 5.32. The molecule has 3 rings (SSSR count). The van der Waals surface area contributed by atoms with Crippen LogP contribution in [0.4, 0.5) is 11.5 Å². The third-order valence-electron chi connectivity index (χ3n) is 4.74. The number of aryl methyl sites for hydroxylation is 2. The Morgan fingerprint density at radius 1 is 1.07 bits per heavy atom. The van der Waals surface area contributed by atoms with E-state index in [4.69, 9.17) is 0 Å². The van der Waals surface area contributed by atoms with Gasteiger partial charge in [-0.3, -0.25) is 9.78 Å². The maximum absolute atomic E-state index is 12.6. The van der Waals surface area contributed by atoms with Crippen molar-refractivity contribution in [1.29, 1.82) is 0 Å². The van der Waals surface area contributed by atoms with Crippen molar-refractivity contribution in [3.8, 4) is 0 Å². The molecule has 2 heterocycles. The lowest BCUT2D eigenvalue weighted by Gasteiger charge is -2.17. The third-order valence-corrected chi connectivity index (χ3v) is 4.74. The SMILES string of the molecule is CCc1cccc(C)c1NC(=O)c1ccc(N(C)CCc2ccncc2)nn1. The number of para-hydroxylation sites is 1. The van der Waals surface area contributed by atoms with E-state index in [1.807, 2.05) is 55.3 Å². The number of rotatable bonds is 7. The predicted molar refractivity (Wildman–Crippen MR) is 112 cm³/mol. The molecule has 2 aromatic heterocycles. The van der Waals surface area contributed by atoms with Crippen LogP contribution in [0.3, 0.4) is 0 Å². The maximum atomic E-state index is 12.6. The summed E-state index contributed by atoms with van der Waals surface area (Å²) in [5, 5.41) is 11.3. The van der Waals surface area contributed by atoms with Gasteiger partial charge in [0.1, 0.15) is 0 Å². The second kappa shape index (κ2) is 9.08. The molecule has 0 unspecified atom stereocenters. The number of nitrogens with one attached hydrogen (secondary N) is 1. The minimum absolute atomic E-state index is 0.248. The lowest BCUT2D eigenvalue weighted by atomic mass is 10.1. The highest BCUT2D eigenvalue weighted by Crippen LogP contribution is 2.21. The fourth-order valence-electron chi connectivity index (χ4n) is 2.99. The molecule has 0 atom stereocenters. The van der Waals surface area contributed by atoms with E-state index in [-0.39, 0.29) is 5.91 Å². The first-order chi connectivity index (χ1) is 13.6. The number of pyridine rings is 1. The van der Waals surface area contributed by atoms with E-state index in [0.29, 0.717) is 5.69 Å². The van der Waals surface area contributed by atoms with Crippen LogP contribution < -0.4 is 10.2 Å². The summed E-state index contributed by atoms with van der Waals surface area (Å²) in [5.74, 6) is 0.484. The molecule has 0 fully saturated rings. The standard InChI is InChI=1S/C22H25N5O/c1-4-18-7-5-6-16(2)21(18)24-22(28)19-8-9-20(26-25-19)27(3)15-12-17-10-13-23-14-11-17/h5-11,13-14H,4,12,15H2,1-3H3,(H,24,28). The van der Waals surface area contributed by atoms with Crippen LogP contribution in [0.25, 0.3) is 0 Å². The Hall–Kier alpha value is -3.28. The van der Waals surface area contributed by atoms with Gasteiger partial charge >= 0.3 is 0 Å². The van der Waals surface area contributed by atoms with Crippen LogP contribution in [0.1, 0.15) is 34.1 Å². The smallest absolute Gasteiger partial charge is 0.276 e. The van der Waals surface area contributed by atoms with E-state index in [2.05, 4.69) is 27.4 Å². The third kappa shape index (κ3) is 4.71. The average molecular weight is 375 g/mol. The van der Waals surface area contributed by atoms with E-state index in [9.17, 15) is 4.79 Å². The van der Waals surface area contributed by atoms with Gasteiger partial charge in [0, 0.05) is 31.7 Å². The molecule has 28 heavy (non-hydrogen) atoms. The number of hydrogen-bond acceptors (Lipinski definition) is 5. The summed E-state index contributed by atoms with van der Waals surface area (Å²) in [5.41, 5.74) is 4.52. The summed E-state index contributed by atoms with van der Waals surface area (Å²) in [6.45, 7) is 4.86. The second-order valence-electron chi connectivity index (χ2n) is 6.72. The number of carbonyl (C=O) groups excluding carboxylic acids is 1. The van der Waals surface area contributed by atoms with Gasteiger partial charge in [-0.25, -0.2) is 0 Å². The van der Waals surface area contributed by atoms with Crippen LogP contribution in [0.5, 0.6) is 0 Å². The monoisotopic (exact) mass is 375 g/mol. The van der Waals surface area contributed by atoms with E-state index >= 15 is 0 Å². The summed E-state index contributed by atoms with van der Waals surface area (Å²) in [7, 11) is 1.96. The lowest BCUT2D eigenvalue weighted by molar-refractivity contribution is 0.102. The largest absolute Gasteiger partial charge is 0.358 e. The van der Waals surface area contributed by atoms with Gasteiger partial charge in [0.05, 0.1) is 0 Å². The van der Waals surface area contributed by atoms with Crippen LogP contribution in [0.15, 0.2) is 54.9 Å². The van der Waals surface area contributed by atoms with Gasteiger partial charge in [-0.05, 0) is 60.7 Å². The molecule has 3 aromatic rings. The van der Waals surface area contributed by atoms with Crippen molar-refractivity contribution >= 4 is 17.4 Å². The van der Waals surface area contributed by atoms with Crippen molar-refractivity contribution in [1.82, 2.24) is 15.2 Å². The van der Waals surface area contributed by atoms with Crippen molar-refractivity contribution in [3.63, 3.8) is 0 Å². The van der Waals surface area contributed by atoms with Gasteiger partial charge in [0.15, 0.2) is 11.5 Å². The minimum atomic E-state index is -0.248. The fraction of sp³-hybridized carbons (Fsp3) is 0.273. The molecule has 0 spiro atoms. The summed E-state index contributed by atoms with van der Waals surface area (Å²) in [6, 6.07) is 13.6. The first-order valence-corrected chi connectivity index (χ1v) is 9.42. The van der Waals surface area contributed by atoms with E-state index in [1.54, 1.807) is 18.5 Å². The Labute approximate surface area is 165 Å². The molecule has 6 nitrogen and oxygen atoms in total. The Morgan fingerprint density at radius 2 is 1.86 bits per heavy atom. The van der Waals surface area contributed by atoms with Crippen molar-refractivity contribution in [2.24, 2.45) is 0 Å². The molecule has 1 amide bonds. The Balaban J connectivity index is 1.64. The maximum Gasteiger partial charge on any atom is 0.276 e. The number of carbonyl (C=O) groups is 1. The Bertz CT molecular complexity index is 925. The highest BCUT2D eigenvalue weighted by Gasteiger charge is 2.13. The van der Waals surface area contributed by atoms with Gasteiger partial charge < -0.3 is 10.2 Å². The number of anilines is 2. The summed E-state index contributed by atoms with van der Waals surface area (Å²) in [4.78, 5) is 18.6. The lowest BCUT2D eigenvalue weighted by Crippen LogP contribution is -2.23. The molecule has 0 aliphatic carbocycles. The molecule has 1 aromatic carbocycles. The van der Waals surface area contributed by atoms with Crippen LogP contribution in [-0.2, 0) is 12.8 Å². The molecule has 0 aliphatic heterocycles. The van der Waals surface area contributed by atoms with Crippen LogP contribution in [-0.4, -0.2) is 34.7 Å². The average Bonchev–Trinajstić information content (AvgIpc) is 2.74. The van der Waals surface area contributed by atoms with Gasteiger partial charge in [-0.2, -0.15) is 0 Å². The van der Waals surface area contributed by atoms with Crippen molar-refractivity contribution in [2.75, 3.05) is 23.8 Å². The van der Waals surface area contributed by atoms with Crippen molar-refractivity contribution in [2.45, 2.75) is 26.7 Å². The zero-order chi connectivity index (χ0) is 19.9. The fourth-order valence-corrected chi connectivity index (χ4v) is 2.99. The van der Waals surface area contributed by atoms with Gasteiger partial charge in [0.25, 0.3) is 5.91 Å². The second-order valence-corrected chi connectivity index (χ2v) is 6.72. The van der Waals surface area contributed by atoms with E-state index < -0.39 is 0 Å². The Morgan fingerprint density at radius 3 is 2.54 bits per heavy atom. The number of aromatic nitrogens is 3. The number of benzene rings is 1. The molecule has 1 N–H and O–H groups in total. The molecule has 6 heteroatoms. The number of nitrogens with zero attached hydrogens (tertiary/aromatic N) is 4. The van der Waals surface area contributed by atoms with Crippen LogP contribution >= 0.6 is 0 Å². The van der Waals surface area contributed by atoms with Crippen molar-refractivity contribution in [3.05, 3.63) is 77.2 Å². The normalized spacial score (nSPS) is 10.5. The minimum Gasteiger partial charge on any atom is -0.358 e. The summed E-state index contributed by atoms with van der Waals surface area (Å²) >= 11 is 0. The quantitative estimate of drug-likeness (QED) is 0.682. The molecule has 0 aliphatic rings. The van der Waals surface area contributed by atoms with E-state index in [1.165, 1.54) is 5.56 Å². The molecule has 0 radical (unpaired) electrons. The predicted octanol–water partition coefficient (Wildman–Crippen LogP) is 3.67. The molecule has 0 saturated heterocycles. The van der Waals surface area contributed by atoms with Crippen LogP contribution in [0.2, 0.25) is 0 Å².